The maximum atomic E-state index is 6.61. The van der Waals surface area contributed by atoms with Gasteiger partial charge in [0.1, 0.15) is 11.2 Å². The van der Waals surface area contributed by atoms with E-state index in [2.05, 4.69) is 219 Å². The molecule has 3 nitrogen and oxygen atoms in total. The monoisotopic (exact) mass is 816 g/mol. The largest absolute Gasteiger partial charge is 0.456 e. The summed E-state index contributed by atoms with van der Waals surface area (Å²) in [7, 11) is 0. The minimum absolute atomic E-state index is 0.0419. The number of allylic oxidation sites excluding steroid dienone is 1. The molecule has 11 aromatic rings. The van der Waals surface area contributed by atoms with Crippen LogP contribution in [0.2, 0.25) is 0 Å². The number of rotatable bonds is 7. The second-order valence-corrected chi connectivity index (χ2v) is 16.6. The molecule has 3 heteroatoms. The van der Waals surface area contributed by atoms with Gasteiger partial charge in [0.2, 0.25) is 0 Å². The molecule has 10 aromatic carbocycles. The molecule has 0 fully saturated rings. The lowest BCUT2D eigenvalue weighted by Gasteiger charge is -2.16. The first-order chi connectivity index (χ1) is 31.7. The van der Waals surface area contributed by atoms with E-state index in [1.165, 1.54) is 27.5 Å². The first-order valence-corrected chi connectivity index (χ1v) is 22.0. The Labute approximate surface area is 372 Å². The summed E-state index contributed by atoms with van der Waals surface area (Å²) < 4.78 is 6.61. The lowest BCUT2D eigenvalue weighted by molar-refractivity contribution is 0.669. The number of fused-ring (bicyclic) bond motifs is 7. The van der Waals surface area contributed by atoms with Crippen LogP contribution in [0.3, 0.4) is 0 Å². The van der Waals surface area contributed by atoms with E-state index in [1.54, 1.807) is 0 Å². The Hall–Kier alpha value is -8.32. The van der Waals surface area contributed by atoms with Crippen molar-refractivity contribution >= 4 is 71.5 Å². The fourth-order valence-electron chi connectivity index (χ4n) is 9.58. The third kappa shape index (κ3) is 6.48. The summed E-state index contributed by atoms with van der Waals surface area (Å²) in [6, 6.07) is 77.8. The zero-order valence-corrected chi connectivity index (χ0v) is 35.2. The van der Waals surface area contributed by atoms with Gasteiger partial charge in [-0.2, -0.15) is 0 Å². The third-order valence-corrected chi connectivity index (χ3v) is 12.8. The summed E-state index contributed by atoms with van der Waals surface area (Å²) in [6.07, 6.45) is 3.18. The summed E-state index contributed by atoms with van der Waals surface area (Å²) in [5.41, 5.74) is 13.5. The first-order valence-electron chi connectivity index (χ1n) is 22.0. The summed E-state index contributed by atoms with van der Waals surface area (Å²) >= 11 is 0. The molecule has 2 heterocycles. The Morgan fingerprint density at radius 1 is 0.453 bits per heavy atom. The van der Waals surface area contributed by atoms with Gasteiger partial charge in [-0.15, -0.1) is 0 Å². The van der Waals surface area contributed by atoms with Crippen molar-refractivity contribution in [3.8, 4) is 33.4 Å². The number of hydrogen-bond donors (Lipinski definition) is 0. The van der Waals surface area contributed by atoms with Gasteiger partial charge >= 0.3 is 0 Å². The zero-order chi connectivity index (χ0) is 42.6. The second-order valence-electron chi connectivity index (χ2n) is 16.6. The lowest BCUT2D eigenvalue weighted by Crippen LogP contribution is -2.15. The van der Waals surface area contributed by atoms with E-state index >= 15 is 0 Å². The van der Waals surface area contributed by atoms with Gasteiger partial charge in [0, 0.05) is 38.6 Å². The Kier molecular flexibility index (Phi) is 9.09. The van der Waals surface area contributed by atoms with Crippen LogP contribution in [0.5, 0.6) is 0 Å². The van der Waals surface area contributed by atoms with Gasteiger partial charge in [-0.1, -0.05) is 171 Å². The Morgan fingerprint density at radius 3 is 1.88 bits per heavy atom. The Morgan fingerprint density at radius 2 is 1.08 bits per heavy atom. The molecule has 0 saturated heterocycles. The van der Waals surface area contributed by atoms with Crippen LogP contribution in [-0.2, 0) is 0 Å². The smallest absolute Gasteiger partial charge is 0.160 e. The molecule has 0 radical (unpaired) electrons. The molecule has 0 saturated carbocycles. The van der Waals surface area contributed by atoms with E-state index in [-0.39, 0.29) is 5.92 Å². The molecule has 1 aliphatic heterocycles. The molecule has 12 rings (SSSR count). The van der Waals surface area contributed by atoms with Crippen molar-refractivity contribution in [3.63, 3.8) is 0 Å². The zero-order valence-electron chi connectivity index (χ0n) is 35.2. The molecule has 0 bridgehead atoms. The summed E-state index contributed by atoms with van der Waals surface area (Å²) in [6.45, 7) is 2.25. The van der Waals surface area contributed by atoms with Crippen molar-refractivity contribution in [1.29, 1.82) is 0 Å². The maximum absolute atomic E-state index is 6.61. The number of nitrogens with zero attached hydrogens (tertiary/aromatic N) is 2. The van der Waals surface area contributed by atoms with Gasteiger partial charge in [0.25, 0.3) is 0 Å². The summed E-state index contributed by atoms with van der Waals surface area (Å²) in [4.78, 5) is 11.3. The first kappa shape index (κ1) is 37.4. The number of amidine groups is 1. The standard InChI is InChI=1S/C61H40N2O/c1-2-39-38-55(62-61(63-60(39)47-32-24-40-14-6-7-18-46(40)36-47)48-33-31-45-30-25-42-17-8-9-21-51(42)54(45)37-48)58-52(34-35-57-59(58)53-22-12-13-23-56(53)64-57)44-28-26-43(27-29-44)50-20-11-10-19-49(50)41-15-4-3-5-16-41/h3-24,26-29,31-39H,2H2,1H3. The highest BCUT2D eigenvalue weighted by molar-refractivity contribution is 6.21. The van der Waals surface area contributed by atoms with E-state index in [0.29, 0.717) is 5.84 Å². The van der Waals surface area contributed by atoms with Crippen molar-refractivity contribution in [2.75, 3.05) is 0 Å². The molecular formula is C61H40N2O. The molecule has 1 aliphatic rings. The van der Waals surface area contributed by atoms with E-state index in [4.69, 9.17) is 14.4 Å². The van der Waals surface area contributed by atoms with Gasteiger partial charge in [-0.05, 0) is 122 Å². The average Bonchev–Trinajstić information content (AvgIpc) is 3.63. The molecule has 0 N–H and O–H groups in total. The van der Waals surface area contributed by atoms with Crippen molar-refractivity contribution < 1.29 is 4.42 Å². The number of benzene rings is 9. The fourth-order valence-corrected chi connectivity index (χ4v) is 9.58. The van der Waals surface area contributed by atoms with Crippen molar-refractivity contribution in [3.05, 3.63) is 235 Å². The van der Waals surface area contributed by atoms with Crippen molar-refractivity contribution in [1.82, 2.24) is 0 Å². The molecular weight excluding hydrogens is 777 g/mol. The highest BCUT2D eigenvalue weighted by Crippen LogP contribution is 2.43. The Bertz CT molecular complexity index is 3700. The average molecular weight is 817 g/mol. The molecule has 64 heavy (non-hydrogen) atoms. The molecule has 1 aromatic heterocycles. The van der Waals surface area contributed by atoms with Crippen molar-refractivity contribution in [2.45, 2.75) is 13.3 Å². The van der Waals surface area contributed by atoms with Gasteiger partial charge in [-0.3, -0.25) is 0 Å². The van der Waals surface area contributed by atoms with Crippen LogP contribution in [0.1, 0.15) is 30.0 Å². The van der Waals surface area contributed by atoms with Gasteiger partial charge in [0.05, 0.1) is 11.4 Å². The predicted molar refractivity (Wildman–Crippen MR) is 268 cm³/mol. The highest BCUT2D eigenvalue weighted by Gasteiger charge is 2.26. The topological polar surface area (TPSA) is 37.9 Å². The number of furan rings is 1. The predicted octanol–water partition coefficient (Wildman–Crippen LogP) is 16.0. The minimum Gasteiger partial charge on any atom is -0.456 e. The number of aliphatic imine (C=N–C) groups is 2. The van der Waals surface area contributed by atoms with Crippen LogP contribution < -0.4 is 0 Å². The molecule has 1 unspecified atom stereocenters. The summed E-state index contributed by atoms with van der Waals surface area (Å²) in [5, 5.41) is 8.73. The van der Waals surface area contributed by atoms with Crippen molar-refractivity contribution in [2.24, 2.45) is 15.9 Å². The van der Waals surface area contributed by atoms with E-state index in [9.17, 15) is 0 Å². The molecule has 0 amide bonds. The number of hydrogen-bond acceptors (Lipinski definition) is 3. The van der Waals surface area contributed by atoms with Crippen LogP contribution in [-0.4, -0.2) is 11.5 Å². The second kappa shape index (κ2) is 15.5. The Balaban J connectivity index is 1.09. The van der Waals surface area contributed by atoms with Crippen LogP contribution in [0.15, 0.2) is 221 Å². The summed E-state index contributed by atoms with van der Waals surface area (Å²) in [5.74, 6) is 0.618. The maximum Gasteiger partial charge on any atom is 0.160 e. The van der Waals surface area contributed by atoms with Crippen LogP contribution in [0.4, 0.5) is 0 Å². The van der Waals surface area contributed by atoms with Gasteiger partial charge in [0.15, 0.2) is 5.84 Å². The third-order valence-electron chi connectivity index (χ3n) is 12.8. The van der Waals surface area contributed by atoms with E-state index in [0.717, 1.165) is 94.7 Å². The quantitative estimate of drug-likeness (QED) is 0.158. The SMILES string of the molecule is CCC1C=C(c2c(-c3ccc(-c4ccccc4-c4ccccc4)cc3)ccc3oc4ccccc4c23)N=C(c2ccc3c#cc4ccccc4c3c2)N=C1c1ccc2ccccc2c1. The highest BCUT2D eigenvalue weighted by atomic mass is 16.3. The lowest BCUT2D eigenvalue weighted by atomic mass is 9.88. The minimum atomic E-state index is -0.0419. The molecule has 300 valence electrons. The van der Waals surface area contributed by atoms with Crippen LogP contribution in [0.25, 0.3) is 93.3 Å². The number of para-hydroxylation sites is 1. The normalized spacial score (nSPS) is 14.1. The van der Waals surface area contributed by atoms with Gasteiger partial charge in [-0.25, -0.2) is 9.98 Å². The van der Waals surface area contributed by atoms with E-state index < -0.39 is 0 Å². The molecule has 0 spiro atoms. The van der Waals surface area contributed by atoms with Gasteiger partial charge < -0.3 is 4.42 Å². The van der Waals surface area contributed by atoms with Crippen LogP contribution >= 0.6 is 0 Å². The fraction of sp³-hybridized carbons (Fsp3) is 0.0492. The molecule has 0 aliphatic carbocycles. The molecule has 1 atom stereocenters. The van der Waals surface area contributed by atoms with Crippen LogP contribution in [0, 0.1) is 18.1 Å². The van der Waals surface area contributed by atoms with E-state index in [1.807, 2.05) is 6.07 Å².